The Labute approximate surface area is 180 Å². The van der Waals surface area contributed by atoms with E-state index in [1.54, 1.807) is 6.08 Å². The minimum atomic E-state index is -0.286. The summed E-state index contributed by atoms with van der Waals surface area (Å²) in [7, 11) is 1.89. The lowest BCUT2D eigenvalue weighted by Gasteiger charge is -2.18. The van der Waals surface area contributed by atoms with Crippen molar-refractivity contribution in [2.45, 2.75) is 57.8 Å². The number of ether oxygens (including phenoxy) is 1. The van der Waals surface area contributed by atoms with Crippen LogP contribution in [0.5, 0.6) is 5.75 Å². The van der Waals surface area contributed by atoms with Gasteiger partial charge in [0.15, 0.2) is 11.6 Å². The van der Waals surface area contributed by atoms with E-state index in [1.165, 1.54) is 18.9 Å². The van der Waals surface area contributed by atoms with Gasteiger partial charge in [-0.2, -0.15) is 0 Å². The number of halogens is 1. The Morgan fingerprint density at radius 2 is 2.13 bits per heavy atom. The second-order valence-electron chi connectivity index (χ2n) is 7.96. The zero-order valence-electron chi connectivity index (χ0n) is 18.5. The molecule has 0 aromatic heterocycles. The zero-order valence-corrected chi connectivity index (χ0v) is 18.5. The number of hydrogen-bond acceptors (Lipinski definition) is 4. The summed E-state index contributed by atoms with van der Waals surface area (Å²) in [4.78, 5) is 10.4. The molecular weight excluding hydrogens is 379 g/mol. The van der Waals surface area contributed by atoms with Crippen molar-refractivity contribution in [3.8, 4) is 5.75 Å². The van der Waals surface area contributed by atoms with Crippen LogP contribution < -0.4 is 16.2 Å². The lowest BCUT2D eigenvalue weighted by atomic mass is 9.93. The number of unbranched alkanes of at least 4 members (excludes halogenated alkanes) is 1. The molecular formula is C25H37FN2O2. The van der Waals surface area contributed by atoms with Crippen LogP contribution in [0.3, 0.4) is 0 Å². The minimum Gasteiger partial charge on any atom is -0.490 e. The van der Waals surface area contributed by atoms with Crippen molar-refractivity contribution in [1.29, 1.82) is 0 Å². The summed E-state index contributed by atoms with van der Waals surface area (Å²) in [6, 6.07) is 5.17. The third kappa shape index (κ3) is 8.98. The molecule has 30 heavy (non-hydrogen) atoms. The molecule has 4 nitrogen and oxygen atoms in total. The summed E-state index contributed by atoms with van der Waals surface area (Å²) in [5.41, 5.74) is 2.09. The van der Waals surface area contributed by atoms with Crippen molar-refractivity contribution in [2.75, 3.05) is 13.7 Å². The molecule has 1 aliphatic carbocycles. The Balaban J connectivity index is 0.00000450. The van der Waals surface area contributed by atoms with E-state index in [2.05, 4.69) is 31.0 Å². The van der Waals surface area contributed by atoms with Gasteiger partial charge >= 0.3 is 0 Å². The van der Waals surface area contributed by atoms with Crippen LogP contribution in [0.4, 0.5) is 4.39 Å². The summed E-state index contributed by atoms with van der Waals surface area (Å²) in [6.45, 7) is 6.81. The summed E-state index contributed by atoms with van der Waals surface area (Å²) in [6.07, 6.45) is 13.0. The highest BCUT2D eigenvalue weighted by Crippen LogP contribution is 2.31. The van der Waals surface area contributed by atoms with Crippen LogP contribution in [0.2, 0.25) is 0 Å². The predicted molar refractivity (Wildman–Crippen MR) is 122 cm³/mol. The molecule has 2 unspecified atom stereocenters. The highest BCUT2D eigenvalue weighted by molar-refractivity contribution is 5.44. The molecule has 0 amide bonds. The van der Waals surface area contributed by atoms with Gasteiger partial charge in [0.1, 0.15) is 5.94 Å². The molecule has 0 heterocycles. The molecule has 1 aliphatic rings. The first kappa shape index (κ1) is 25.7. The van der Waals surface area contributed by atoms with E-state index in [1.807, 2.05) is 25.1 Å². The topological polar surface area (TPSA) is 73.3 Å². The second-order valence-corrected chi connectivity index (χ2v) is 7.96. The van der Waals surface area contributed by atoms with E-state index in [0.29, 0.717) is 24.2 Å². The van der Waals surface area contributed by atoms with Crippen molar-refractivity contribution in [1.82, 2.24) is 11.5 Å². The van der Waals surface area contributed by atoms with Crippen molar-refractivity contribution >= 4 is 5.94 Å². The van der Waals surface area contributed by atoms with Crippen molar-refractivity contribution in [3.63, 3.8) is 0 Å². The van der Waals surface area contributed by atoms with Gasteiger partial charge in [0.25, 0.3) is 0 Å². The maximum absolute atomic E-state index is 14.0. The van der Waals surface area contributed by atoms with Crippen molar-refractivity contribution < 1.29 is 13.9 Å². The van der Waals surface area contributed by atoms with Crippen molar-refractivity contribution in [3.05, 3.63) is 60.1 Å². The first-order valence-electron chi connectivity index (χ1n) is 10.7. The quantitative estimate of drug-likeness (QED) is 0.217. The van der Waals surface area contributed by atoms with Crippen LogP contribution in [0.25, 0.3) is 0 Å². The van der Waals surface area contributed by atoms with Gasteiger partial charge in [0.2, 0.25) is 0 Å². The fraction of sp³-hybridized carbons (Fsp3) is 0.520. The number of hydrogen-bond donors (Lipinski definition) is 2. The summed E-state index contributed by atoms with van der Waals surface area (Å²) >= 11 is 0. The summed E-state index contributed by atoms with van der Waals surface area (Å²) < 4.78 is 19.6. The molecule has 1 saturated carbocycles. The lowest BCUT2D eigenvalue weighted by Crippen LogP contribution is -2.15. The Bertz CT molecular complexity index is 737. The van der Waals surface area contributed by atoms with Gasteiger partial charge in [0.05, 0.1) is 6.61 Å². The average Bonchev–Trinajstić information content (AvgIpc) is 3.55. The minimum absolute atomic E-state index is 0. The SMILES string of the molecule is C=C(NC)C(CCC=C=O)CCC/C=C/C(C)c1ccc(F)c(OCC2CC2)c1.N. The van der Waals surface area contributed by atoms with Gasteiger partial charge < -0.3 is 16.2 Å². The van der Waals surface area contributed by atoms with Gasteiger partial charge in [0, 0.05) is 12.7 Å². The molecule has 4 N–H and O–H groups in total. The monoisotopic (exact) mass is 416 g/mol. The van der Waals surface area contributed by atoms with Gasteiger partial charge in [-0.25, -0.2) is 9.18 Å². The molecule has 0 radical (unpaired) electrons. The van der Waals surface area contributed by atoms with Gasteiger partial charge in [-0.1, -0.05) is 31.7 Å². The van der Waals surface area contributed by atoms with Crippen LogP contribution in [-0.2, 0) is 4.79 Å². The smallest absolute Gasteiger partial charge is 0.165 e. The highest BCUT2D eigenvalue weighted by atomic mass is 19.1. The van der Waals surface area contributed by atoms with Crippen LogP contribution >= 0.6 is 0 Å². The molecule has 0 saturated heterocycles. The highest BCUT2D eigenvalue weighted by Gasteiger charge is 2.22. The third-order valence-electron chi connectivity index (χ3n) is 5.56. The molecule has 0 aliphatic heterocycles. The molecule has 166 valence electrons. The van der Waals surface area contributed by atoms with Gasteiger partial charge in [-0.3, -0.25) is 0 Å². The Kier molecular flexibility index (Phi) is 11.8. The Hall–Kier alpha value is -2.36. The van der Waals surface area contributed by atoms with Crippen LogP contribution in [-0.4, -0.2) is 19.6 Å². The summed E-state index contributed by atoms with van der Waals surface area (Å²) in [5, 5.41) is 3.14. The molecule has 1 aromatic carbocycles. The number of carbonyl (C=O) groups excluding carboxylic acids is 1. The maximum Gasteiger partial charge on any atom is 0.165 e. The number of allylic oxidation sites excluding steroid dienone is 4. The normalized spacial score (nSPS) is 15.0. The van der Waals surface area contributed by atoms with Crippen LogP contribution in [0.1, 0.15) is 63.4 Å². The molecule has 1 fully saturated rings. The van der Waals surface area contributed by atoms with Crippen LogP contribution in [0.15, 0.2) is 48.7 Å². The second kappa shape index (κ2) is 13.8. The van der Waals surface area contributed by atoms with Gasteiger partial charge in [-0.15, -0.1) is 0 Å². The Morgan fingerprint density at radius 1 is 1.37 bits per heavy atom. The molecule has 0 bridgehead atoms. The molecule has 0 spiro atoms. The fourth-order valence-electron chi connectivity index (χ4n) is 3.34. The fourth-order valence-corrected chi connectivity index (χ4v) is 3.34. The zero-order chi connectivity index (χ0) is 21.1. The lowest BCUT2D eigenvalue weighted by molar-refractivity contribution is 0.285. The third-order valence-corrected chi connectivity index (χ3v) is 5.56. The largest absolute Gasteiger partial charge is 0.490 e. The number of nitrogens with one attached hydrogen (secondary N) is 1. The first-order chi connectivity index (χ1) is 14.0. The average molecular weight is 417 g/mol. The van der Waals surface area contributed by atoms with E-state index < -0.39 is 0 Å². The summed E-state index contributed by atoms with van der Waals surface area (Å²) in [5.74, 6) is 3.09. The van der Waals surface area contributed by atoms with E-state index in [0.717, 1.165) is 43.4 Å². The van der Waals surface area contributed by atoms with Crippen molar-refractivity contribution in [2.24, 2.45) is 11.8 Å². The van der Waals surface area contributed by atoms with E-state index in [9.17, 15) is 9.18 Å². The van der Waals surface area contributed by atoms with Gasteiger partial charge in [-0.05, 0) is 86.5 Å². The predicted octanol–water partition coefficient (Wildman–Crippen LogP) is 6.12. The number of benzene rings is 1. The van der Waals surface area contributed by atoms with E-state index in [4.69, 9.17) is 4.74 Å². The molecule has 1 aromatic rings. The maximum atomic E-state index is 14.0. The molecule has 2 atom stereocenters. The van der Waals surface area contributed by atoms with Crippen LogP contribution in [0, 0.1) is 17.7 Å². The van der Waals surface area contributed by atoms with E-state index in [-0.39, 0.29) is 17.9 Å². The molecule has 5 heteroatoms. The number of rotatable bonds is 14. The Morgan fingerprint density at radius 3 is 2.80 bits per heavy atom. The first-order valence-corrected chi connectivity index (χ1v) is 10.7. The van der Waals surface area contributed by atoms with E-state index >= 15 is 0 Å². The standard InChI is InChI=1S/C25H34FNO2.H3N/c1-19(23-14-15-24(26)25(17-23)29-18-21-12-13-21)9-5-4-6-10-22(20(2)27-3)11-7-8-16-28;/h5,8-9,14-15,17,19,21-22,27H,2,4,6-7,10-13,18H2,1,3H3;1H3/b9-5+;. The molecule has 2 rings (SSSR count).